The number of nitrogens with one attached hydrogen (secondary N) is 2. The van der Waals surface area contributed by atoms with E-state index in [-0.39, 0.29) is 11.8 Å². The molecule has 1 aromatic heterocycles. The van der Waals surface area contributed by atoms with Crippen LogP contribution in [-0.2, 0) is 6.18 Å². The van der Waals surface area contributed by atoms with E-state index in [2.05, 4.69) is 72.0 Å². The van der Waals surface area contributed by atoms with E-state index in [1.165, 1.54) is 62.1 Å². The number of fused-ring (bicyclic) bond motifs is 2. The lowest BCUT2D eigenvalue weighted by Gasteiger charge is -2.43. The molecule has 0 radical (unpaired) electrons. The molecule has 0 amide bonds. The van der Waals surface area contributed by atoms with Crippen LogP contribution in [0, 0.1) is 5.92 Å². The highest BCUT2D eigenvalue weighted by Gasteiger charge is 2.40. The second kappa shape index (κ2) is 12.6. The minimum Gasteiger partial charge on any atom is -0.372 e. The van der Waals surface area contributed by atoms with Crippen molar-refractivity contribution in [2.24, 2.45) is 5.92 Å². The van der Waals surface area contributed by atoms with Crippen LogP contribution < -0.4 is 15.5 Å². The van der Waals surface area contributed by atoms with Gasteiger partial charge in [0.15, 0.2) is 0 Å². The number of hydrogen-bond acceptors (Lipinski definition) is 8. The Hall–Kier alpha value is -3.05. The standard InChI is InChI=1S/C34H47F3N8/c1-23-25-6-7-28(20-25)45(23)13-3-12-38-32-30(34(35,36)37)22-39-33(41-32)40-31-9-8-27(21-29(31)24-4-5-24)44-18-16-43(17-19-44)26-10-14-42(2)15-11-26/h8-9,21-22,24-26,28H,1,3-7,10-20H2,2H3,(H2,38,39,40,41). The van der Waals surface area contributed by atoms with Gasteiger partial charge in [-0.15, -0.1) is 0 Å². The van der Waals surface area contributed by atoms with Crippen LogP contribution in [0.3, 0.4) is 0 Å². The van der Waals surface area contributed by atoms with Crippen LogP contribution in [0.1, 0.15) is 68.4 Å². The lowest BCUT2D eigenvalue weighted by molar-refractivity contribution is -0.137. The Labute approximate surface area is 265 Å². The number of piperazine rings is 1. The lowest BCUT2D eigenvalue weighted by Crippen LogP contribution is -2.53. The highest BCUT2D eigenvalue weighted by molar-refractivity contribution is 5.67. The molecule has 2 aliphatic carbocycles. The fourth-order valence-electron chi connectivity index (χ4n) is 8.00. The first-order valence-electron chi connectivity index (χ1n) is 16.9. The molecule has 45 heavy (non-hydrogen) atoms. The molecule has 3 aliphatic heterocycles. The van der Waals surface area contributed by atoms with Gasteiger partial charge < -0.3 is 25.3 Å². The number of benzene rings is 1. The van der Waals surface area contributed by atoms with Crippen molar-refractivity contribution < 1.29 is 13.2 Å². The van der Waals surface area contributed by atoms with Gasteiger partial charge >= 0.3 is 6.18 Å². The van der Waals surface area contributed by atoms with Gasteiger partial charge in [0, 0.05) is 80.5 Å². The summed E-state index contributed by atoms with van der Waals surface area (Å²) in [5, 5.41) is 6.26. The fraction of sp³-hybridized carbons (Fsp3) is 0.647. The molecule has 5 fully saturated rings. The summed E-state index contributed by atoms with van der Waals surface area (Å²) < 4.78 is 41.7. The Balaban J connectivity index is 1.00. The minimum atomic E-state index is -4.54. The number of alkyl halides is 3. The number of piperidine rings is 2. The second-order valence-electron chi connectivity index (χ2n) is 13.8. The maximum absolute atomic E-state index is 13.9. The van der Waals surface area contributed by atoms with Gasteiger partial charge in [0.25, 0.3) is 0 Å². The number of aromatic nitrogens is 2. The molecule has 1 aromatic carbocycles. The number of rotatable bonds is 10. The average Bonchev–Trinajstić information content (AvgIpc) is 3.69. The summed E-state index contributed by atoms with van der Waals surface area (Å²) in [7, 11) is 2.21. The first-order chi connectivity index (χ1) is 21.7. The Kier molecular flexibility index (Phi) is 8.58. The van der Waals surface area contributed by atoms with Crippen LogP contribution in [0.15, 0.2) is 36.7 Å². The van der Waals surface area contributed by atoms with Crippen LogP contribution >= 0.6 is 0 Å². The van der Waals surface area contributed by atoms with Gasteiger partial charge in [-0.2, -0.15) is 18.2 Å². The second-order valence-corrected chi connectivity index (χ2v) is 13.8. The zero-order valence-corrected chi connectivity index (χ0v) is 26.5. The summed E-state index contributed by atoms with van der Waals surface area (Å²) in [5.41, 5.74) is 3.65. The van der Waals surface area contributed by atoms with Gasteiger partial charge in [0.05, 0.1) is 0 Å². The van der Waals surface area contributed by atoms with Crippen LogP contribution in [-0.4, -0.2) is 96.2 Å². The summed E-state index contributed by atoms with van der Waals surface area (Å²) in [6, 6.07) is 7.69. The van der Waals surface area contributed by atoms with E-state index in [9.17, 15) is 13.2 Å². The van der Waals surface area contributed by atoms with Crippen molar-refractivity contribution in [1.82, 2.24) is 24.7 Å². The predicted molar refractivity (Wildman–Crippen MR) is 173 cm³/mol. The zero-order valence-electron chi connectivity index (χ0n) is 26.5. The topological polar surface area (TPSA) is 62.8 Å². The SMILES string of the molecule is C=C1C2CCC(C2)N1CCCNc1nc(Nc2ccc(N3CCN(C4CCN(C)CC4)CC3)cc2C2CC2)ncc1C(F)(F)F. The van der Waals surface area contributed by atoms with E-state index in [4.69, 9.17) is 0 Å². The van der Waals surface area contributed by atoms with Crippen LogP contribution in [0.25, 0.3) is 0 Å². The molecule has 0 spiro atoms. The third kappa shape index (κ3) is 6.75. The Bertz CT molecular complexity index is 1360. The molecular formula is C34H47F3N8. The van der Waals surface area contributed by atoms with Crippen molar-refractivity contribution in [3.63, 3.8) is 0 Å². The molecule has 7 rings (SSSR count). The maximum atomic E-state index is 13.9. The summed E-state index contributed by atoms with van der Waals surface area (Å²) in [6.07, 6.45) is 5.39. The number of likely N-dealkylation sites (tertiary alicyclic amines) is 2. The molecule has 3 saturated heterocycles. The highest BCUT2D eigenvalue weighted by Crippen LogP contribution is 2.46. The molecule has 8 nitrogen and oxygen atoms in total. The monoisotopic (exact) mass is 624 g/mol. The van der Waals surface area contributed by atoms with Crippen molar-refractivity contribution in [2.75, 3.05) is 74.9 Å². The smallest absolute Gasteiger partial charge is 0.372 e. The molecule has 2 aromatic rings. The maximum Gasteiger partial charge on any atom is 0.421 e. The lowest BCUT2D eigenvalue weighted by atomic mass is 10.0. The Morgan fingerprint density at radius 1 is 0.933 bits per heavy atom. The molecule has 2 N–H and O–H groups in total. The van der Waals surface area contributed by atoms with Gasteiger partial charge in [-0.25, -0.2) is 4.98 Å². The third-order valence-corrected chi connectivity index (χ3v) is 10.8. The molecule has 2 saturated carbocycles. The van der Waals surface area contributed by atoms with E-state index < -0.39 is 11.7 Å². The summed E-state index contributed by atoms with van der Waals surface area (Å²) in [5.74, 6) is 1.05. The Morgan fingerprint density at radius 2 is 1.69 bits per heavy atom. The number of nitrogens with zero attached hydrogens (tertiary/aromatic N) is 6. The highest BCUT2D eigenvalue weighted by atomic mass is 19.4. The van der Waals surface area contributed by atoms with E-state index in [1.54, 1.807) is 0 Å². The molecule has 11 heteroatoms. The van der Waals surface area contributed by atoms with Gasteiger partial charge in [0.1, 0.15) is 11.4 Å². The van der Waals surface area contributed by atoms with Crippen LogP contribution in [0.2, 0.25) is 0 Å². The van der Waals surface area contributed by atoms with Crippen LogP contribution in [0.5, 0.6) is 0 Å². The first-order valence-corrected chi connectivity index (χ1v) is 16.9. The summed E-state index contributed by atoms with van der Waals surface area (Å²) in [6.45, 7) is 12.0. The first kappa shape index (κ1) is 30.6. The van der Waals surface area contributed by atoms with Gasteiger partial charge in [-0.05, 0) is 101 Å². The van der Waals surface area contributed by atoms with Gasteiger partial charge in [0.2, 0.25) is 5.95 Å². The molecule has 2 atom stereocenters. The average molecular weight is 625 g/mol. The molecule has 2 unspecified atom stereocenters. The van der Waals surface area contributed by atoms with Gasteiger partial charge in [-0.1, -0.05) is 6.58 Å². The van der Waals surface area contributed by atoms with Crippen molar-refractivity contribution in [3.05, 3.63) is 47.8 Å². The zero-order chi connectivity index (χ0) is 31.1. The molecule has 2 bridgehead atoms. The largest absolute Gasteiger partial charge is 0.421 e. The molecular weight excluding hydrogens is 577 g/mol. The number of hydrogen-bond donors (Lipinski definition) is 2. The minimum absolute atomic E-state index is 0.172. The van der Waals surface area contributed by atoms with E-state index in [0.29, 0.717) is 36.9 Å². The van der Waals surface area contributed by atoms with Crippen molar-refractivity contribution in [3.8, 4) is 0 Å². The van der Waals surface area contributed by atoms with E-state index in [0.717, 1.165) is 57.4 Å². The number of allylic oxidation sites excluding steroid dienone is 1. The third-order valence-electron chi connectivity index (χ3n) is 10.8. The van der Waals surface area contributed by atoms with Crippen molar-refractivity contribution in [1.29, 1.82) is 0 Å². The van der Waals surface area contributed by atoms with Crippen molar-refractivity contribution in [2.45, 2.75) is 75.5 Å². The normalized spacial score (nSPS) is 24.9. The Morgan fingerprint density at radius 3 is 2.38 bits per heavy atom. The number of halogens is 3. The molecule has 4 heterocycles. The fourth-order valence-corrected chi connectivity index (χ4v) is 8.00. The van der Waals surface area contributed by atoms with E-state index >= 15 is 0 Å². The number of anilines is 4. The van der Waals surface area contributed by atoms with E-state index in [1.807, 2.05) is 0 Å². The predicted octanol–water partition coefficient (Wildman–Crippen LogP) is 6.13. The molecule has 5 aliphatic rings. The van der Waals surface area contributed by atoms with Gasteiger partial charge in [-0.3, -0.25) is 4.90 Å². The summed E-state index contributed by atoms with van der Waals surface area (Å²) >= 11 is 0. The molecule has 244 valence electrons. The van der Waals surface area contributed by atoms with Crippen molar-refractivity contribution >= 4 is 23.1 Å². The summed E-state index contributed by atoms with van der Waals surface area (Å²) in [4.78, 5) is 18.4. The quantitative estimate of drug-likeness (QED) is 0.306. The van der Waals surface area contributed by atoms with Crippen LogP contribution in [0.4, 0.5) is 36.3 Å².